The van der Waals surface area contributed by atoms with Crippen LogP contribution in [0.15, 0.2) is 121 Å². The molecule has 0 fully saturated rings. The van der Waals surface area contributed by atoms with Crippen molar-refractivity contribution in [1.82, 2.24) is 0 Å². The summed E-state index contributed by atoms with van der Waals surface area (Å²) >= 11 is 0. The molecule has 34 heavy (non-hydrogen) atoms. The standard InChI is InChI=1S/C16H16O2.C15H16O/c1-2-18-16(17)15(13-9-5-3-6-10-13)14-11-7-4-8-12-14;1-2-16-15(13-9-5-3-6-10-13)14-11-7-4-8-12-14/h3-12,15H,2H2,1H3;3-12,15H,2H2,1H3. The number of benzene rings is 4. The fraction of sp³-hybridized carbons (Fsp3) is 0.194. The lowest BCUT2D eigenvalue weighted by Crippen LogP contribution is -2.17. The third-order valence-electron chi connectivity index (χ3n) is 5.33. The second-order valence-electron chi connectivity index (χ2n) is 7.66. The molecule has 0 heterocycles. The minimum atomic E-state index is -0.340. The van der Waals surface area contributed by atoms with Crippen molar-refractivity contribution in [2.24, 2.45) is 0 Å². The van der Waals surface area contributed by atoms with E-state index in [1.54, 1.807) is 0 Å². The molecule has 0 aliphatic carbocycles. The maximum Gasteiger partial charge on any atom is 0.317 e. The maximum absolute atomic E-state index is 12.1. The van der Waals surface area contributed by atoms with Gasteiger partial charge in [-0.3, -0.25) is 4.79 Å². The molecule has 174 valence electrons. The number of hydrogen-bond acceptors (Lipinski definition) is 3. The van der Waals surface area contributed by atoms with Gasteiger partial charge in [0.05, 0.1) is 6.61 Å². The molecule has 4 aromatic carbocycles. The molecule has 0 saturated heterocycles. The largest absolute Gasteiger partial charge is 0.465 e. The van der Waals surface area contributed by atoms with Crippen LogP contribution in [-0.2, 0) is 14.3 Å². The number of esters is 1. The van der Waals surface area contributed by atoms with Gasteiger partial charge in [0.25, 0.3) is 0 Å². The predicted octanol–water partition coefficient (Wildman–Crippen LogP) is 7.19. The van der Waals surface area contributed by atoms with E-state index in [0.717, 1.165) is 11.1 Å². The van der Waals surface area contributed by atoms with Crippen molar-refractivity contribution < 1.29 is 14.3 Å². The molecule has 0 saturated carbocycles. The average molecular weight is 453 g/mol. The highest BCUT2D eigenvalue weighted by atomic mass is 16.5. The summed E-state index contributed by atoms with van der Waals surface area (Å²) in [7, 11) is 0. The average Bonchev–Trinajstić information content (AvgIpc) is 2.90. The van der Waals surface area contributed by atoms with Crippen molar-refractivity contribution in [3.8, 4) is 0 Å². The third kappa shape index (κ3) is 7.16. The molecular formula is C31H32O3. The molecule has 0 atom stereocenters. The van der Waals surface area contributed by atoms with Crippen LogP contribution in [0.1, 0.15) is 48.1 Å². The lowest BCUT2D eigenvalue weighted by Gasteiger charge is -2.17. The fourth-order valence-electron chi connectivity index (χ4n) is 3.79. The minimum absolute atomic E-state index is 0.0485. The lowest BCUT2D eigenvalue weighted by molar-refractivity contribution is -0.143. The Morgan fingerprint density at radius 2 is 0.912 bits per heavy atom. The summed E-state index contributed by atoms with van der Waals surface area (Å²) in [6.07, 6.45) is 0.0485. The van der Waals surface area contributed by atoms with Gasteiger partial charge < -0.3 is 9.47 Å². The number of rotatable bonds is 8. The first kappa shape index (κ1) is 24.9. The lowest BCUT2D eigenvalue weighted by atomic mass is 9.91. The van der Waals surface area contributed by atoms with Gasteiger partial charge in [0, 0.05) is 6.61 Å². The molecule has 0 aliphatic rings. The summed E-state index contributed by atoms with van der Waals surface area (Å²) in [4.78, 5) is 12.1. The summed E-state index contributed by atoms with van der Waals surface area (Å²) < 4.78 is 11.0. The Balaban J connectivity index is 0.000000192. The van der Waals surface area contributed by atoms with Crippen molar-refractivity contribution in [3.63, 3.8) is 0 Å². The quantitative estimate of drug-likeness (QED) is 0.265. The van der Waals surface area contributed by atoms with Gasteiger partial charge in [0.1, 0.15) is 12.0 Å². The van der Waals surface area contributed by atoms with Crippen LogP contribution >= 0.6 is 0 Å². The van der Waals surface area contributed by atoms with Crippen molar-refractivity contribution >= 4 is 5.97 Å². The summed E-state index contributed by atoms with van der Waals surface area (Å²) in [6.45, 7) is 4.97. The Morgan fingerprint density at radius 3 is 1.24 bits per heavy atom. The second-order valence-corrected chi connectivity index (χ2v) is 7.66. The van der Waals surface area contributed by atoms with E-state index >= 15 is 0 Å². The van der Waals surface area contributed by atoms with Crippen LogP contribution in [0, 0.1) is 0 Å². The van der Waals surface area contributed by atoms with E-state index in [1.165, 1.54) is 11.1 Å². The van der Waals surface area contributed by atoms with Gasteiger partial charge in [-0.25, -0.2) is 0 Å². The molecule has 4 rings (SSSR count). The van der Waals surface area contributed by atoms with Gasteiger partial charge in [-0.2, -0.15) is 0 Å². The number of hydrogen-bond donors (Lipinski definition) is 0. The van der Waals surface area contributed by atoms with Gasteiger partial charge in [-0.1, -0.05) is 121 Å². The van der Waals surface area contributed by atoms with E-state index in [9.17, 15) is 4.79 Å². The molecule has 0 bridgehead atoms. The van der Waals surface area contributed by atoms with Crippen LogP contribution in [0.4, 0.5) is 0 Å². The molecule has 0 aliphatic heterocycles. The molecular weight excluding hydrogens is 420 g/mol. The smallest absolute Gasteiger partial charge is 0.317 e. The first-order valence-electron chi connectivity index (χ1n) is 11.7. The fourth-order valence-corrected chi connectivity index (χ4v) is 3.79. The van der Waals surface area contributed by atoms with Crippen LogP contribution in [0.25, 0.3) is 0 Å². The third-order valence-corrected chi connectivity index (χ3v) is 5.33. The van der Waals surface area contributed by atoms with Crippen LogP contribution in [0.2, 0.25) is 0 Å². The first-order chi connectivity index (χ1) is 16.7. The van der Waals surface area contributed by atoms with Crippen LogP contribution in [-0.4, -0.2) is 19.2 Å². The Hall–Kier alpha value is -3.69. The van der Waals surface area contributed by atoms with E-state index in [1.807, 2.05) is 111 Å². The number of ether oxygens (including phenoxy) is 2. The SMILES string of the molecule is CCOC(=O)C(c1ccccc1)c1ccccc1.CCOC(c1ccccc1)c1ccccc1. The van der Waals surface area contributed by atoms with E-state index < -0.39 is 0 Å². The summed E-state index contributed by atoms with van der Waals surface area (Å²) in [6, 6.07) is 40.1. The molecule has 0 amide bonds. The Labute approximate surface area is 203 Å². The van der Waals surface area contributed by atoms with Gasteiger partial charge in [0.15, 0.2) is 0 Å². The predicted molar refractivity (Wildman–Crippen MR) is 138 cm³/mol. The van der Waals surface area contributed by atoms with Gasteiger partial charge >= 0.3 is 5.97 Å². The highest BCUT2D eigenvalue weighted by Crippen LogP contribution is 2.26. The zero-order valence-electron chi connectivity index (χ0n) is 19.8. The van der Waals surface area contributed by atoms with Crippen molar-refractivity contribution in [2.45, 2.75) is 25.9 Å². The van der Waals surface area contributed by atoms with E-state index in [0.29, 0.717) is 13.2 Å². The van der Waals surface area contributed by atoms with Crippen LogP contribution < -0.4 is 0 Å². The molecule has 0 aromatic heterocycles. The van der Waals surface area contributed by atoms with Crippen molar-refractivity contribution in [1.29, 1.82) is 0 Å². The first-order valence-corrected chi connectivity index (χ1v) is 11.7. The van der Waals surface area contributed by atoms with Crippen molar-refractivity contribution in [2.75, 3.05) is 13.2 Å². The van der Waals surface area contributed by atoms with Crippen molar-refractivity contribution in [3.05, 3.63) is 144 Å². The summed E-state index contributed by atoms with van der Waals surface area (Å²) in [5, 5.41) is 0. The van der Waals surface area contributed by atoms with E-state index in [2.05, 4.69) is 24.3 Å². The highest BCUT2D eigenvalue weighted by molar-refractivity contribution is 5.82. The Kier molecular flexibility index (Phi) is 10.1. The van der Waals surface area contributed by atoms with Crippen LogP contribution in [0.5, 0.6) is 0 Å². The number of carbonyl (C=O) groups is 1. The number of carbonyl (C=O) groups excluding carboxylic acids is 1. The Bertz CT molecular complexity index is 1000. The van der Waals surface area contributed by atoms with E-state index in [4.69, 9.17) is 9.47 Å². The Morgan fingerprint density at radius 1 is 0.559 bits per heavy atom. The minimum Gasteiger partial charge on any atom is -0.465 e. The molecule has 3 heteroatoms. The summed E-state index contributed by atoms with van der Waals surface area (Å²) in [5.41, 5.74) is 4.33. The zero-order valence-corrected chi connectivity index (χ0v) is 19.8. The molecule has 3 nitrogen and oxygen atoms in total. The highest BCUT2D eigenvalue weighted by Gasteiger charge is 2.23. The topological polar surface area (TPSA) is 35.5 Å². The molecule has 0 unspecified atom stereocenters. The molecule has 0 N–H and O–H groups in total. The normalized spacial score (nSPS) is 10.5. The zero-order chi connectivity index (χ0) is 24.0. The molecule has 0 spiro atoms. The van der Waals surface area contributed by atoms with Crippen LogP contribution in [0.3, 0.4) is 0 Å². The van der Waals surface area contributed by atoms with Gasteiger partial charge in [-0.15, -0.1) is 0 Å². The summed E-state index contributed by atoms with van der Waals surface area (Å²) in [5.74, 6) is -0.540. The van der Waals surface area contributed by atoms with E-state index in [-0.39, 0.29) is 18.0 Å². The maximum atomic E-state index is 12.1. The molecule has 4 aromatic rings. The molecule has 0 radical (unpaired) electrons. The van der Waals surface area contributed by atoms with Gasteiger partial charge in [-0.05, 0) is 36.1 Å². The second kappa shape index (κ2) is 13.8. The monoisotopic (exact) mass is 452 g/mol. The van der Waals surface area contributed by atoms with Gasteiger partial charge in [0.2, 0.25) is 0 Å².